The van der Waals surface area contributed by atoms with E-state index in [0.29, 0.717) is 0 Å². The molecule has 0 radical (unpaired) electrons. The quantitative estimate of drug-likeness (QED) is 0.366. The van der Waals surface area contributed by atoms with Crippen LogP contribution in [0.5, 0.6) is 0 Å². The Balaban J connectivity index is 1.56. The Labute approximate surface area is 156 Å². The van der Waals surface area contributed by atoms with Gasteiger partial charge in [-0.2, -0.15) is 0 Å². The highest BCUT2D eigenvalue weighted by Gasteiger charge is 2.03. The van der Waals surface area contributed by atoms with Crippen LogP contribution < -0.4 is 15.5 Å². The first-order chi connectivity index (χ1) is 12.8. The fourth-order valence-corrected chi connectivity index (χ4v) is 2.77. The number of para-hydroxylation sites is 1. The molecule has 0 aliphatic rings. The number of benzene rings is 1. The van der Waals surface area contributed by atoms with Crippen LogP contribution in [-0.4, -0.2) is 54.0 Å². The monoisotopic (exact) mass is 357 g/mol. The second kappa shape index (κ2) is 11.9. The number of guanidine groups is 1. The van der Waals surface area contributed by atoms with Gasteiger partial charge in [0.15, 0.2) is 5.96 Å². The highest BCUT2D eigenvalue weighted by Crippen LogP contribution is 2.12. The molecule has 0 fully saturated rings. The maximum Gasteiger partial charge on any atom is 0.190 e. The van der Waals surface area contributed by atoms with Gasteiger partial charge < -0.3 is 20.1 Å². The third-order valence-electron chi connectivity index (χ3n) is 4.23. The van der Waals surface area contributed by atoms with E-state index in [1.807, 2.05) is 11.6 Å². The Morgan fingerprint density at radius 2 is 1.73 bits per heavy atom. The minimum Gasteiger partial charge on any atom is -0.372 e. The topological polar surface area (TPSA) is 70.4 Å². The predicted octanol–water partition coefficient (Wildman–Crippen LogP) is 2.14. The molecule has 0 bridgehead atoms. The van der Waals surface area contributed by atoms with Gasteiger partial charge in [0.25, 0.3) is 0 Å². The van der Waals surface area contributed by atoms with E-state index in [0.717, 1.165) is 57.9 Å². The molecule has 142 valence electrons. The zero-order chi connectivity index (χ0) is 18.5. The Kier molecular flexibility index (Phi) is 9.03. The van der Waals surface area contributed by atoms with Crippen molar-refractivity contribution in [1.29, 1.82) is 0 Å². The number of unbranched alkanes of at least 4 members (excludes halogenated alkanes) is 1. The van der Waals surface area contributed by atoms with Gasteiger partial charge in [-0.15, -0.1) is 10.2 Å². The van der Waals surface area contributed by atoms with Crippen LogP contribution in [0, 0.1) is 0 Å². The first-order valence-corrected chi connectivity index (χ1v) is 9.40. The molecule has 0 atom stereocenters. The molecule has 26 heavy (non-hydrogen) atoms. The summed E-state index contributed by atoms with van der Waals surface area (Å²) < 4.78 is 2.00. The van der Waals surface area contributed by atoms with Gasteiger partial charge >= 0.3 is 0 Å². The molecule has 2 rings (SSSR count). The van der Waals surface area contributed by atoms with E-state index in [4.69, 9.17) is 0 Å². The summed E-state index contributed by atoms with van der Waals surface area (Å²) in [7, 11) is 1.81. The van der Waals surface area contributed by atoms with Crippen LogP contribution in [0.3, 0.4) is 0 Å². The number of rotatable bonds is 11. The lowest BCUT2D eigenvalue weighted by Gasteiger charge is -2.23. The molecule has 2 aromatic rings. The van der Waals surface area contributed by atoms with Crippen molar-refractivity contribution < 1.29 is 0 Å². The fraction of sp³-hybridized carbons (Fsp3) is 0.526. The van der Waals surface area contributed by atoms with E-state index in [1.165, 1.54) is 5.69 Å². The second-order valence-electron chi connectivity index (χ2n) is 6.10. The van der Waals surface area contributed by atoms with Crippen LogP contribution in [0.1, 0.15) is 26.2 Å². The van der Waals surface area contributed by atoms with Crippen molar-refractivity contribution in [2.45, 2.75) is 32.7 Å². The minimum absolute atomic E-state index is 0.872. The van der Waals surface area contributed by atoms with Crippen molar-refractivity contribution in [3.8, 4) is 0 Å². The van der Waals surface area contributed by atoms with Crippen molar-refractivity contribution in [3.63, 3.8) is 0 Å². The molecule has 0 saturated heterocycles. The largest absolute Gasteiger partial charge is 0.372 e. The molecule has 7 heteroatoms. The zero-order valence-corrected chi connectivity index (χ0v) is 15.9. The van der Waals surface area contributed by atoms with Crippen molar-refractivity contribution in [2.24, 2.45) is 4.99 Å². The Morgan fingerprint density at radius 3 is 2.38 bits per heavy atom. The molecule has 7 nitrogen and oxygen atoms in total. The Hall–Kier alpha value is -2.57. The van der Waals surface area contributed by atoms with E-state index in [-0.39, 0.29) is 0 Å². The third-order valence-corrected chi connectivity index (χ3v) is 4.23. The number of anilines is 1. The van der Waals surface area contributed by atoms with Crippen LogP contribution in [0.2, 0.25) is 0 Å². The predicted molar refractivity (Wildman–Crippen MR) is 108 cm³/mol. The second-order valence-corrected chi connectivity index (χ2v) is 6.10. The maximum absolute atomic E-state index is 4.29. The molecule has 1 aromatic carbocycles. The average Bonchev–Trinajstić information content (AvgIpc) is 3.20. The molecule has 0 spiro atoms. The number of nitrogens with one attached hydrogen (secondary N) is 2. The van der Waals surface area contributed by atoms with Crippen molar-refractivity contribution in [3.05, 3.63) is 43.0 Å². The molecular weight excluding hydrogens is 326 g/mol. The van der Waals surface area contributed by atoms with Gasteiger partial charge in [0.1, 0.15) is 12.7 Å². The van der Waals surface area contributed by atoms with Gasteiger partial charge in [0.2, 0.25) is 0 Å². The maximum atomic E-state index is 4.29. The highest BCUT2D eigenvalue weighted by molar-refractivity contribution is 5.79. The van der Waals surface area contributed by atoms with Gasteiger partial charge in [0, 0.05) is 45.5 Å². The first kappa shape index (κ1) is 19.8. The van der Waals surface area contributed by atoms with Gasteiger partial charge in [-0.25, -0.2) is 0 Å². The Bertz CT molecular complexity index is 610. The number of hydrogen-bond donors (Lipinski definition) is 2. The first-order valence-electron chi connectivity index (χ1n) is 9.40. The fourth-order valence-electron chi connectivity index (χ4n) is 2.77. The van der Waals surface area contributed by atoms with Crippen molar-refractivity contribution in [1.82, 2.24) is 25.4 Å². The molecule has 1 heterocycles. The zero-order valence-electron chi connectivity index (χ0n) is 15.9. The number of hydrogen-bond acceptors (Lipinski definition) is 4. The van der Waals surface area contributed by atoms with Gasteiger partial charge in [-0.05, 0) is 38.3 Å². The summed E-state index contributed by atoms with van der Waals surface area (Å²) in [6.45, 7) is 7.01. The number of aliphatic imine (C=N–C) groups is 1. The van der Waals surface area contributed by atoms with Crippen LogP contribution in [0.25, 0.3) is 0 Å². The van der Waals surface area contributed by atoms with Gasteiger partial charge in [-0.1, -0.05) is 18.2 Å². The summed E-state index contributed by atoms with van der Waals surface area (Å²) in [6, 6.07) is 10.6. The van der Waals surface area contributed by atoms with Crippen molar-refractivity contribution >= 4 is 11.6 Å². The lowest BCUT2D eigenvalue weighted by Crippen LogP contribution is -2.39. The molecule has 0 aliphatic carbocycles. The summed E-state index contributed by atoms with van der Waals surface area (Å²) in [4.78, 5) is 6.68. The molecule has 0 unspecified atom stereocenters. The average molecular weight is 358 g/mol. The van der Waals surface area contributed by atoms with E-state index < -0.39 is 0 Å². The number of aryl methyl sites for hydroxylation is 1. The third kappa shape index (κ3) is 7.13. The van der Waals surface area contributed by atoms with Crippen LogP contribution >= 0.6 is 0 Å². The lowest BCUT2D eigenvalue weighted by molar-refractivity contribution is 0.597. The Morgan fingerprint density at radius 1 is 1.04 bits per heavy atom. The van der Waals surface area contributed by atoms with E-state index in [1.54, 1.807) is 12.7 Å². The van der Waals surface area contributed by atoms with Gasteiger partial charge in [-0.3, -0.25) is 4.99 Å². The van der Waals surface area contributed by atoms with Gasteiger partial charge in [0.05, 0.1) is 0 Å². The summed E-state index contributed by atoms with van der Waals surface area (Å²) in [5, 5.41) is 14.4. The highest BCUT2D eigenvalue weighted by atomic mass is 15.2. The van der Waals surface area contributed by atoms with E-state index in [9.17, 15) is 0 Å². The van der Waals surface area contributed by atoms with E-state index in [2.05, 4.69) is 68.0 Å². The lowest BCUT2D eigenvalue weighted by atomic mass is 10.2. The van der Waals surface area contributed by atoms with E-state index >= 15 is 0 Å². The summed E-state index contributed by atoms with van der Waals surface area (Å²) in [5.74, 6) is 0.872. The molecular formula is C19H31N7. The molecule has 0 amide bonds. The molecule has 0 saturated carbocycles. The summed E-state index contributed by atoms with van der Waals surface area (Å²) in [5.41, 5.74) is 1.28. The molecule has 2 N–H and O–H groups in total. The van der Waals surface area contributed by atoms with Crippen LogP contribution in [0.4, 0.5) is 5.69 Å². The normalized spacial score (nSPS) is 11.4. The smallest absolute Gasteiger partial charge is 0.190 e. The molecule has 1 aromatic heterocycles. The standard InChI is InChI=1S/C19H31N7/c1-3-26(18-10-5-4-6-11-18)15-9-13-22-19(20-2)21-12-7-8-14-25-16-23-24-17-25/h4-6,10-11,16-17H,3,7-9,12-15H2,1-2H3,(H2,20,21,22). The van der Waals surface area contributed by atoms with Crippen LogP contribution in [-0.2, 0) is 6.54 Å². The summed E-state index contributed by atoms with van der Waals surface area (Å²) in [6.07, 6.45) is 6.74. The number of nitrogens with zero attached hydrogens (tertiary/aromatic N) is 5. The number of aromatic nitrogens is 3. The van der Waals surface area contributed by atoms with Crippen LogP contribution in [0.15, 0.2) is 48.0 Å². The summed E-state index contributed by atoms with van der Waals surface area (Å²) >= 11 is 0. The minimum atomic E-state index is 0.872. The SMILES string of the molecule is CCN(CCCNC(=NC)NCCCCn1cnnc1)c1ccccc1. The molecule has 0 aliphatic heterocycles. The van der Waals surface area contributed by atoms with Crippen molar-refractivity contribution in [2.75, 3.05) is 38.1 Å².